The second kappa shape index (κ2) is 7.60. The molecule has 0 saturated heterocycles. The molecular formula is C22H21N3O3S. The Hall–Kier alpha value is -3.32. The number of nitrogens with zero attached hydrogens (tertiary/aromatic N) is 2. The van der Waals surface area contributed by atoms with Gasteiger partial charge in [0, 0.05) is 17.5 Å². The van der Waals surface area contributed by atoms with Crippen LogP contribution in [-0.2, 0) is 0 Å². The maximum atomic E-state index is 10.6. The largest absolute Gasteiger partial charge is 0.507 e. The summed E-state index contributed by atoms with van der Waals surface area (Å²) in [4.78, 5) is 0. The van der Waals surface area contributed by atoms with E-state index in [1.54, 1.807) is 25.3 Å². The molecule has 1 aliphatic heterocycles. The smallest absolute Gasteiger partial charge is 0.187 e. The molecule has 29 heavy (non-hydrogen) atoms. The first kappa shape index (κ1) is 19.0. The zero-order valence-corrected chi connectivity index (χ0v) is 16.9. The molecule has 6 nitrogen and oxygen atoms in total. The fourth-order valence-corrected chi connectivity index (χ4v) is 4.01. The average molecular weight is 407 g/mol. The van der Waals surface area contributed by atoms with Crippen LogP contribution in [0.5, 0.6) is 17.2 Å². The van der Waals surface area contributed by atoms with E-state index in [0.717, 1.165) is 16.3 Å². The number of fused-ring (bicyclic) bond motifs is 1. The summed E-state index contributed by atoms with van der Waals surface area (Å²) in [5.74, 6) is 1.40. The third-order valence-electron chi connectivity index (χ3n) is 5.12. The minimum atomic E-state index is -0.272. The van der Waals surface area contributed by atoms with E-state index in [-0.39, 0.29) is 16.9 Å². The molecule has 1 aliphatic rings. The Kier molecular flexibility index (Phi) is 4.98. The number of phenols is 1. The lowest BCUT2D eigenvalue weighted by Crippen LogP contribution is -2.31. The minimum absolute atomic E-state index is 0.148. The number of aromatic hydroxyl groups is 1. The summed E-state index contributed by atoms with van der Waals surface area (Å²) < 4.78 is 11.0. The number of benzene rings is 3. The third-order valence-corrected chi connectivity index (χ3v) is 5.31. The maximum Gasteiger partial charge on any atom is 0.187 e. The number of hydrogen-bond donors (Lipinski definition) is 2. The summed E-state index contributed by atoms with van der Waals surface area (Å²) in [5, 5.41) is 19.0. The predicted molar refractivity (Wildman–Crippen MR) is 118 cm³/mol. The third kappa shape index (κ3) is 3.23. The van der Waals surface area contributed by atoms with Crippen LogP contribution in [-0.4, -0.2) is 35.2 Å². The Balaban J connectivity index is 1.84. The first-order valence-electron chi connectivity index (χ1n) is 9.13. The first-order chi connectivity index (χ1) is 14.0. The van der Waals surface area contributed by atoms with E-state index in [9.17, 15) is 5.11 Å². The lowest BCUT2D eigenvalue weighted by atomic mass is 9.94. The minimum Gasteiger partial charge on any atom is -0.507 e. The van der Waals surface area contributed by atoms with Crippen molar-refractivity contribution in [1.29, 1.82) is 0 Å². The molecule has 0 fully saturated rings. The highest BCUT2D eigenvalue weighted by atomic mass is 32.1. The van der Waals surface area contributed by atoms with Crippen molar-refractivity contribution in [3.05, 3.63) is 65.7 Å². The number of hydrogen-bond acceptors (Lipinski definition) is 5. The highest BCUT2D eigenvalue weighted by Crippen LogP contribution is 2.43. The number of rotatable bonds is 4. The van der Waals surface area contributed by atoms with Crippen LogP contribution in [0.2, 0.25) is 0 Å². The maximum absolute atomic E-state index is 10.6. The van der Waals surface area contributed by atoms with E-state index in [1.807, 2.05) is 48.5 Å². The summed E-state index contributed by atoms with van der Waals surface area (Å²) in [5.41, 5.74) is 8.25. The Bertz CT molecular complexity index is 1130. The predicted octanol–water partition coefficient (Wildman–Crippen LogP) is 3.96. The van der Waals surface area contributed by atoms with E-state index in [2.05, 4.69) is 5.10 Å². The molecule has 3 aromatic carbocycles. The van der Waals surface area contributed by atoms with Crippen LogP contribution in [0, 0.1) is 0 Å². The van der Waals surface area contributed by atoms with Gasteiger partial charge >= 0.3 is 0 Å². The molecule has 0 amide bonds. The normalized spacial score (nSPS) is 16.0. The van der Waals surface area contributed by atoms with Gasteiger partial charge in [-0.2, -0.15) is 5.10 Å². The quantitative estimate of drug-likeness (QED) is 0.638. The number of hydrazone groups is 1. The number of phenolic OH excluding ortho intramolecular Hbond substituents is 1. The van der Waals surface area contributed by atoms with Crippen molar-refractivity contribution in [3.8, 4) is 17.2 Å². The Morgan fingerprint density at radius 3 is 2.62 bits per heavy atom. The van der Waals surface area contributed by atoms with Crippen LogP contribution >= 0.6 is 12.2 Å². The van der Waals surface area contributed by atoms with E-state index in [1.165, 1.54) is 0 Å². The average Bonchev–Trinajstić information content (AvgIpc) is 3.18. The van der Waals surface area contributed by atoms with Crippen LogP contribution in [0.1, 0.15) is 23.6 Å². The molecule has 0 saturated carbocycles. The van der Waals surface area contributed by atoms with Gasteiger partial charge in [0.2, 0.25) is 0 Å². The van der Waals surface area contributed by atoms with Crippen molar-refractivity contribution in [3.63, 3.8) is 0 Å². The SMILES string of the molecule is COc1cccc(C2CC(c3c(O)ccc4ccccc34)=NN2C(N)=S)c1OC. The molecule has 4 rings (SSSR count). The number of nitrogens with two attached hydrogens (primary N) is 1. The van der Waals surface area contributed by atoms with Gasteiger partial charge in [0.15, 0.2) is 16.6 Å². The van der Waals surface area contributed by atoms with Gasteiger partial charge in [-0.1, -0.05) is 42.5 Å². The second-order valence-corrected chi connectivity index (χ2v) is 7.13. The van der Waals surface area contributed by atoms with Crippen molar-refractivity contribution in [2.75, 3.05) is 14.2 Å². The van der Waals surface area contributed by atoms with Crippen LogP contribution in [0.25, 0.3) is 10.8 Å². The van der Waals surface area contributed by atoms with Crippen molar-refractivity contribution in [2.45, 2.75) is 12.5 Å². The van der Waals surface area contributed by atoms with Crippen LogP contribution in [0.15, 0.2) is 59.7 Å². The molecule has 1 atom stereocenters. The van der Waals surface area contributed by atoms with Crippen molar-refractivity contribution < 1.29 is 14.6 Å². The summed E-state index contributed by atoms with van der Waals surface area (Å²) in [7, 11) is 3.19. The van der Waals surface area contributed by atoms with E-state index in [4.69, 9.17) is 27.4 Å². The molecule has 0 aliphatic carbocycles. The van der Waals surface area contributed by atoms with Crippen LogP contribution in [0.3, 0.4) is 0 Å². The van der Waals surface area contributed by atoms with Gasteiger partial charge in [-0.15, -0.1) is 0 Å². The van der Waals surface area contributed by atoms with Crippen molar-refractivity contribution in [1.82, 2.24) is 5.01 Å². The summed E-state index contributed by atoms with van der Waals surface area (Å²) in [6, 6.07) is 16.8. The standard InChI is InChI=1S/C22H21N3O3S/c1-27-19-9-5-8-15(21(19)28-2)17-12-16(24-25(17)22(23)29)20-14-7-4-3-6-13(14)10-11-18(20)26/h3-11,17,26H,12H2,1-2H3,(H2,23,29). The number of para-hydroxylation sites is 1. The molecule has 0 radical (unpaired) electrons. The van der Waals surface area contributed by atoms with Gasteiger partial charge in [-0.05, 0) is 35.1 Å². The van der Waals surface area contributed by atoms with Crippen LogP contribution < -0.4 is 15.2 Å². The Morgan fingerprint density at radius 2 is 1.90 bits per heavy atom. The number of thiocarbonyl (C=S) groups is 1. The van der Waals surface area contributed by atoms with E-state index < -0.39 is 0 Å². The van der Waals surface area contributed by atoms with Gasteiger partial charge in [0.05, 0.1) is 26.0 Å². The Morgan fingerprint density at radius 1 is 1.10 bits per heavy atom. The number of methoxy groups -OCH3 is 2. The summed E-state index contributed by atoms with van der Waals surface area (Å²) in [6.45, 7) is 0. The molecular weight excluding hydrogens is 386 g/mol. The van der Waals surface area contributed by atoms with E-state index in [0.29, 0.717) is 29.2 Å². The zero-order valence-electron chi connectivity index (χ0n) is 16.1. The molecule has 0 bridgehead atoms. The first-order valence-corrected chi connectivity index (χ1v) is 9.54. The van der Waals surface area contributed by atoms with Crippen molar-refractivity contribution in [2.24, 2.45) is 10.8 Å². The molecule has 0 aromatic heterocycles. The summed E-state index contributed by atoms with van der Waals surface area (Å²) >= 11 is 5.27. The van der Waals surface area contributed by atoms with Gasteiger partial charge in [-0.25, -0.2) is 5.01 Å². The molecule has 148 valence electrons. The highest BCUT2D eigenvalue weighted by molar-refractivity contribution is 7.80. The highest BCUT2D eigenvalue weighted by Gasteiger charge is 2.34. The van der Waals surface area contributed by atoms with Crippen molar-refractivity contribution >= 4 is 33.8 Å². The topological polar surface area (TPSA) is 80.3 Å². The molecule has 7 heteroatoms. The number of ether oxygens (including phenoxy) is 2. The van der Waals surface area contributed by atoms with Crippen LogP contribution in [0.4, 0.5) is 0 Å². The van der Waals surface area contributed by atoms with Gasteiger partial charge in [0.25, 0.3) is 0 Å². The molecule has 1 unspecified atom stereocenters. The Labute approximate surface area is 174 Å². The lowest BCUT2D eigenvalue weighted by Gasteiger charge is -2.24. The molecule has 3 N–H and O–H groups in total. The fraction of sp³-hybridized carbons (Fsp3) is 0.182. The zero-order chi connectivity index (χ0) is 20.5. The molecule has 1 heterocycles. The van der Waals surface area contributed by atoms with Gasteiger partial charge in [-0.3, -0.25) is 0 Å². The monoisotopic (exact) mass is 407 g/mol. The second-order valence-electron chi connectivity index (χ2n) is 6.71. The lowest BCUT2D eigenvalue weighted by molar-refractivity contribution is 0.326. The van der Waals surface area contributed by atoms with E-state index >= 15 is 0 Å². The van der Waals surface area contributed by atoms with Gasteiger partial charge in [0.1, 0.15) is 5.75 Å². The molecule has 3 aromatic rings. The van der Waals surface area contributed by atoms with Gasteiger partial charge < -0.3 is 20.3 Å². The fourth-order valence-electron chi connectivity index (χ4n) is 3.84. The molecule has 0 spiro atoms. The summed E-state index contributed by atoms with van der Waals surface area (Å²) in [6.07, 6.45) is 0.502.